The van der Waals surface area contributed by atoms with E-state index in [0.717, 1.165) is 19.4 Å². The molecule has 1 fully saturated rings. The highest BCUT2D eigenvalue weighted by Crippen LogP contribution is 2.35. The Balaban J connectivity index is 1.70. The minimum Gasteiger partial charge on any atom is -0.373 e. The maximum absolute atomic E-state index is 6.37. The summed E-state index contributed by atoms with van der Waals surface area (Å²) in [6.45, 7) is 0.839. The maximum atomic E-state index is 6.37. The zero-order valence-electron chi connectivity index (χ0n) is 10.7. The Hall–Kier alpha value is -0.510. The van der Waals surface area contributed by atoms with Crippen LogP contribution in [0.3, 0.4) is 0 Å². The van der Waals surface area contributed by atoms with Crippen LogP contribution in [0.4, 0.5) is 0 Å². The van der Waals surface area contributed by atoms with E-state index >= 15 is 0 Å². The zero-order chi connectivity index (χ0) is 12.4. The smallest absolute Gasteiger partial charge is 0.0842 e. The molecule has 18 heavy (non-hydrogen) atoms. The molecule has 3 rings (SSSR count). The molecule has 0 aromatic heterocycles. The molecule has 1 aromatic rings. The van der Waals surface area contributed by atoms with Gasteiger partial charge in [0.1, 0.15) is 0 Å². The normalized spacial score (nSPS) is 28.9. The predicted molar refractivity (Wildman–Crippen MR) is 76.9 cm³/mol. The molecule has 0 aliphatic carbocycles. The lowest BCUT2D eigenvalue weighted by atomic mass is 9.92. The monoisotopic (exact) mass is 263 g/mol. The average Bonchev–Trinajstić information content (AvgIpc) is 2.93. The van der Waals surface area contributed by atoms with E-state index in [-0.39, 0.29) is 12.1 Å². The van der Waals surface area contributed by atoms with Crippen molar-refractivity contribution < 1.29 is 4.74 Å². The minimum atomic E-state index is 0.214. The fourth-order valence-corrected chi connectivity index (χ4v) is 4.34. The number of thioether (sulfide) groups is 1. The Bertz CT molecular complexity index is 403. The van der Waals surface area contributed by atoms with Crippen molar-refractivity contribution in [1.82, 2.24) is 0 Å². The van der Waals surface area contributed by atoms with Gasteiger partial charge in [-0.1, -0.05) is 24.3 Å². The molecule has 2 N–H and O–H groups in total. The van der Waals surface area contributed by atoms with Crippen molar-refractivity contribution in [1.29, 1.82) is 0 Å². The number of rotatable bonds is 3. The summed E-state index contributed by atoms with van der Waals surface area (Å²) in [4.78, 5) is 0. The number of hydrogen-bond donors (Lipinski definition) is 1. The third-order valence-electron chi connectivity index (χ3n) is 4.02. The molecular formula is C15H21NOS. The summed E-state index contributed by atoms with van der Waals surface area (Å²) in [5, 5.41) is 0.641. The van der Waals surface area contributed by atoms with Crippen LogP contribution >= 0.6 is 11.8 Å². The Morgan fingerprint density at radius 1 is 1.39 bits per heavy atom. The van der Waals surface area contributed by atoms with E-state index < -0.39 is 0 Å². The molecule has 98 valence electrons. The van der Waals surface area contributed by atoms with Crippen molar-refractivity contribution in [2.75, 3.05) is 12.4 Å². The number of fused-ring (bicyclic) bond motifs is 1. The summed E-state index contributed by atoms with van der Waals surface area (Å²) in [6.07, 6.45) is 4.83. The van der Waals surface area contributed by atoms with Crippen LogP contribution < -0.4 is 5.73 Å². The van der Waals surface area contributed by atoms with E-state index in [4.69, 9.17) is 10.5 Å². The first kappa shape index (κ1) is 12.5. The lowest BCUT2D eigenvalue weighted by Crippen LogP contribution is -2.34. The standard InChI is InChI=1S/C15H21NOS/c16-13(15-6-3-9-18-15)10-14-12-5-2-1-4-11(12)7-8-17-14/h1-2,4-5,13-15H,3,6-10,16H2. The molecule has 3 heteroatoms. The summed E-state index contributed by atoms with van der Waals surface area (Å²) < 4.78 is 5.95. The highest BCUT2D eigenvalue weighted by atomic mass is 32.2. The molecule has 0 saturated carbocycles. The second-order valence-electron chi connectivity index (χ2n) is 5.26. The molecule has 1 saturated heterocycles. The van der Waals surface area contributed by atoms with Crippen LogP contribution in [-0.2, 0) is 11.2 Å². The number of hydrogen-bond acceptors (Lipinski definition) is 3. The van der Waals surface area contributed by atoms with E-state index in [1.165, 1.54) is 29.7 Å². The molecule has 3 unspecified atom stereocenters. The van der Waals surface area contributed by atoms with Crippen molar-refractivity contribution in [3.8, 4) is 0 Å². The number of ether oxygens (including phenoxy) is 1. The first-order chi connectivity index (χ1) is 8.84. The van der Waals surface area contributed by atoms with Gasteiger partial charge in [0.25, 0.3) is 0 Å². The second-order valence-corrected chi connectivity index (χ2v) is 6.61. The first-order valence-corrected chi connectivity index (χ1v) is 7.96. The van der Waals surface area contributed by atoms with Crippen molar-refractivity contribution in [2.45, 2.75) is 43.1 Å². The molecule has 2 aliphatic heterocycles. The van der Waals surface area contributed by atoms with Gasteiger partial charge in [-0.15, -0.1) is 0 Å². The molecule has 2 aliphatic rings. The zero-order valence-corrected chi connectivity index (χ0v) is 11.5. The van der Waals surface area contributed by atoms with Crippen molar-refractivity contribution in [2.24, 2.45) is 5.73 Å². The van der Waals surface area contributed by atoms with Gasteiger partial charge in [0, 0.05) is 11.3 Å². The van der Waals surface area contributed by atoms with E-state index in [9.17, 15) is 0 Å². The molecule has 0 bridgehead atoms. The SMILES string of the molecule is NC(CC1OCCc2ccccc21)C1CCCS1. The van der Waals surface area contributed by atoms with E-state index in [1.807, 2.05) is 11.8 Å². The van der Waals surface area contributed by atoms with Gasteiger partial charge in [0.2, 0.25) is 0 Å². The van der Waals surface area contributed by atoms with Gasteiger partial charge in [-0.25, -0.2) is 0 Å². The van der Waals surface area contributed by atoms with Gasteiger partial charge < -0.3 is 10.5 Å². The summed E-state index contributed by atoms with van der Waals surface area (Å²) in [6, 6.07) is 8.92. The average molecular weight is 263 g/mol. The third-order valence-corrected chi connectivity index (χ3v) is 5.56. The van der Waals surface area contributed by atoms with Crippen molar-refractivity contribution >= 4 is 11.8 Å². The Labute approximate surface area is 113 Å². The van der Waals surface area contributed by atoms with Crippen LogP contribution in [0.15, 0.2) is 24.3 Å². The lowest BCUT2D eigenvalue weighted by molar-refractivity contribution is 0.0319. The molecule has 0 amide bonds. The molecule has 0 radical (unpaired) electrons. The van der Waals surface area contributed by atoms with Gasteiger partial charge in [0.05, 0.1) is 12.7 Å². The third kappa shape index (κ3) is 2.58. The van der Waals surface area contributed by atoms with Gasteiger partial charge in [-0.2, -0.15) is 11.8 Å². The highest BCUT2D eigenvalue weighted by molar-refractivity contribution is 8.00. The Morgan fingerprint density at radius 2 is 2.28 bits per heavy atom. The van der Waals surface area contributed by atoms with Crippen LogP contribution in [0.25, 0.3) is 0 Å². The fraction of sp³-hybridized carbons (Fsp3) is 0.600. The minimum absolute atomic E-state index is 0.214. The van der Waals surface area contributed by atoms with Gasteiger partial charge >= 0.3 is 0 Å². The summed E-state index contributed by atoms with van der Waals surface area (Å²) >= 11 is 2.04. The highest BCUT2D eigenvalue weighted by Gasteiger charge is 2.28. The van der Waals surface area contributed by atoms with Gasteiger partial charge in [0.15, 0.2) is 0 Å². The number of nitrogens with two attached hydrogens (primary N) is 1. The first-order valence-electron chi connectivity index (χ1n) is 6.91. The molecule has 1 aromatic carbocycles. The molecule has 3 atom stereocenters. The second kappa shape index (κ2) is 5.64. The molecule has 0 spiro atoms. The topological polar surface area (TPSA) is 35.2 Å². The Morgan fingerprint density at radius 3 is 3.11 bits per heavy atom. The van der Waals surface area contributed by atoms with Crippen LogP contribution in [0.1, 0.15) is 36.5 Å². The van der Waals surface area contributed by atoms with Crippen LogP contribution in [0, 0.1) is 0 Å². The quantitative estimate of drug-likeness (QED) is 0.910. The maximum Gasteiger partial charge on any atom is 0.0842 e. The summed E-state index contributed by atoms with van der Waals surface area (Å²) in [5.74, 6) is 1.28. The van der Waals surface area contributed by atoms with E-state index in [2.05, 4.69) is 24.3 Å². The number of benzene rings is 1. The van der Waals surface area contributed by atoms with Gasteiger partial charge in [-0.05, 0) is 42.6 Å². The van der Waals surface area contributed by atoms with Crippen LogP contribution in [0.2, 0.25) is 0 Å². The largest absolute Gasteiger partial charge is 0.373 e. The molecular weight excluding hydrogens is 242 g/mol. The predicted octanol–water partition coefficient (Wildman–Crippen LogP) is 2.91. The van der Waals surface area contributed by atoms with E-state index in [0.29, 0.717) is 5.25 Å². The van der Waals surface area contributed by atoms with Crippen molar-refractivity contribution in [3.63, 3.8) is 0 Å². The van der Waals surface area contributed by atoms with E-state index in [1.54, 1.807) is 0 Å². The van der Waals surface area contributed by atoms with Gasteiger partial charge in [-0.3, -0.25) is 0 Å². The van der Waals surface area contributed by atoms with Crippen LogP contribution in [0.5, 0.6) is 0 Å². The van der Waals surface area contributed by atoms with Crippen molar-refractivity contribution in [3.05, 3.63) is 35.4 Å². The Kier molecular flexibility index (Phi) is 3.92. The fourth-order valence-electron chi connectivity index (χ4n) is 3.01. The summed E-state index contributed by atoms with van der Waals surface area (Å²) in [5.41, 5.74) is 9.17. The van der Waals surface area contributed by atoms with Crippen LogP contribution in [-0.4, -0.2) is 23.7 Å². The molecule has 2 heterocycles. The lowest BCUT2D eigenvalue weighted by Gasteiger charge is -2.29. The summed E-state index contributed by atoms with van der Waals surface area (Å²) in [7, 11) is 0. The molecule has 2 nitrogen and oxygen atoms in total.